The average molecular weight is 277 g/mol. The van der Waals surface area contributed by atoms with Gasteiger partial charge in [0.2, 0.25) is 5.91 Å². The van der Waals surface area contributed by atoms with Crippen molar-refractivity contribution in [3.05, 3.63) is 48.5 Å². The maximum Gasteiger partial charge on any atom is 0.225 e. The highest BCUT2D eigenvalue weighted by molar-refractivity contribution is 7.99. The van der Waals surface area contributed by atoms with Gasteiger partial charge in [0.15, 0.2) is 5.16 Å². The first-order chi connectivity index (χ1) is 9.25. The maximum absolute atomic E-state index is 13.3. The average Bonchev–Trinajstić information content (AvgIpc) is 2.43. The van der Waals surface area contributed by atoms with E-state index in [0.29, 0.717) is 10.9 Å². The molecular weight excluding hydrogens is 265 g/mol. The molecule has 4 nitrogen and oxygen atoms in total. The number of aromatic nitrogens is 2. The van der Waals surface area contributed by atoms with Crippen molar-refractivity contribution in [2.24, 2.45) is 0 Å². The van der Waals surface area contributed by atoms with E-state index in [1.807, 2.05) is 0 Å². The van der Waals surface area contributed by atoms with Crippen molar-refractivity contribution >= 4 is 23.4 Å². The largest absolute Gasteiger partial charge is 0.324 e. The van der Waals surface area contributed by atoms with Gasteiger partial charge >= 0.3 is 0 Å². The second kappa shape index (κ2) is 6.84. The summed E-state index contributed by atoms with van der Waals surface area (Å²) in [5.41, 5.74) is 0.202. The summed E-state index contributed by atoms with van der Waals surface area (Å²) in [6, 6.07) is 7.82. The van der Waals surface area contributed by atoms with Crippen LogP contribution in [0.5, 0.6) is 0 Å². The van der Waals surface area contributed by atoms with Crippen LogP contribution in [0.2, 0.25) is 0 Å². The van der Waals surface area contributed by atoms with Crippen LogP contribution >= 0.6 is 11.8 Å². The van der Waals surface area contributed by atoms with Crippen LogP contribution in [0.1, 0.15) is 6.42 Å². The van der Waals surface area contributed by atoms with E-state index in [9.17, 15) is 9.18 Å². The van der Waals surface area contributed by atoms with Gasteiger partial charge in [-0.3, -0.25) is 4.79 Å². The molecule has 0 aliphatic carbocycles. The van der Waals surface area contributed by atoms with Crippen LogP contribution in [0.25, 0.3) is 0 Å². The number of benzene rings is 1. The van der Waals surface area contributed by atoms with Gasteiger partial charge in [0.25, 0.3) is 0 Å². The summed E-state index contributed by atoms with van der Waals surface area (Å²) in [6.07, 6.45) is 3.57. The molecule has 98 valence electrons. The Morgan fingerprint density at radius 1 is 1.21 bits per heavy atom. The summed E-state index contributed by atoms with van der Waals surface area (Å²) in [7, 11) is 0. The second-order valence-electron chi connectivity index (χ2n) is 3.66. The smallest absolute Gasteiger partial charge is 0.225 e. The number of carbonyl (C=O) groups is 1. The van der Waals surface area contributed by atoms with Crippen molar-refractivity contribution in [3.63, 3.8) is 0 Å². The predicted octanol–water partition coefficient (Wildman–Crippen LogP) is 2.74. The SMILES string of the molecule is O=C(CCSc1ncccn1)Nc1ccccc1F. The van der Waals surface area contributed by atoms with E-state index in [1.165, 1.54) is 23.9 Å². The quantitative estimate of drug-likeness (QED) is 0.674. The monoisotopic (exact) mass is 277 g/mol. The number of nitrogens with zero attached hydrogens (tertiary/aromatic N) is 2. The van der Waals surface area contributed by atoms with Crippen LogP contribution in [0.4, 0.5) is 10.1 Å². The van der Waals surface area contributed by atoms with E-state index in [0.717, 1.165) is 0 Å². The zero-order valence-electron chi connectivity index (χ0n) is 10.0. The van der Waals surface area contributed by atoms with Crippen molar-refractivity contribution in [1.82, 2.24) is 9.97 Å². The van der Waals surface area contributed by atoms with E-state index in [2.05, 4.69) is 15.3 Å². The first-order valence-electron chi connectivity index (χ1n) is 5.70. The Morgan fingerprint density at radius 3 is 2.68 bits per heavy atom. The number of anilines is 1. The van der Waals surface area contributed by atoms with Gasteiger partial charge in [0.1, 0.15) is 5.82 Å². The third kappa shape index (κ3) is 4.33. The number of thioether (sulfide) groups is 1. The lowest BCUT2D eigenvalue weighted by molar-refractivity contribution is -0.115. The molecule has 0 fully saturated rings. The standard InChI is InChI=1S/C13H12FN3OS/c14-10-4-1-2-5-11(10)17-12(18)6-9-19-13-15-7-3-8-16-13/h1-5,7-8H,6,9H2,(H,17,18). The minimum absolute atomic E-state index is 0.202. The van der Waals surface area contributed by atoms with E-state index >= 15 is 0 Å². The predicted molar refractivity (Wildman–Crippen MR) is 72.4 cm³/mol. The highest BCUT2D eigenvalue weighted by atomic mass is 32.2. The fraction of sp³-hybridized carbons (Fsp3) is 0.154. The molecule has 0 atom stereocenters. The van der Waals surface area contributed by atoms with Gasteiger partial charge in [-0.25, -0.2) is 14.4 Å². The molecule has 19 heavy (non-hydrogen) atoms. The lowest BCUT2D eigenvalue weighted by Gasteiger charge is -2.05. The van der Waals surface area contributed by atoms with Gasteiger partial charge in [-0.15, -0.1) is 0 Å². The lowest BCUT2D eigenvalue weighted by atomic mass is 10.3. The van der Waals surface area contributed by atoms with Gasteiger partial charge in [-0.05, 0) is 18.2 Å². The Bertz CT molecular complexity index is 551. The summed E-state index contributed by atoms with van der Waals surface area (Å²) in [5.74, 6) is -0.118. The van der Waals surface area contributed by atoms with Gasteiger partial charge < -0.3 is 5.32 Å². The summed E-state index contributed by atoms with van der Waals surface area (Å²) >= 11 is 1.39. The number of carbonyl (C=O) groups excluding carboxylic acids is 1. The molecule has 0 radical (unpaired) electrons. The van der Waals surface area contributed by atoms with Gasteiger partial charge in [0.05, 0.1) is 5.69 Å². The second-order valence-corrected chi connectivity index (χ2v) is 4.72. The Labute approximate surface area is 114 Å². The van der Waals surface area contributed by atoms with Gasteiger partial charge in [0, 0.05) is 24.6 Å². The van der Waals surface area contributed by atoms with Crippen LogP contribution in [0, 0.1) is 5.82 Å². The van der Waals surface area contributed by atoms with E-state index in [1.54, 1.807) is 30.6 Å². The Hall–Kier alpha value is -1.95. The van der Waals surface area contributed by atoms with Crippen LogP contribution in [0.3, 0.4) is 0 Å². The van der Waals surface area contributed by atoms with E-state index < -0.39 is 5.82 Å². The summed E-state index contributed by atoms with van der Waals surface area (Å²) in [5, 5.41) is 3.15. The Kier molecular flexibility index (Phi) is 4.85. The highest BCUT2D eigenvalue weighted by Gasteiger charge is 2.06. The Balaban J connectivity index is 1.78. The summed E-state index contributed by atoms with van der Waals surface area (Å²) < 4.78 is 13.3. The molecule has 1 N–H and O–H groups in total. The molecule has 2 rings (SSSR count). The minimum atomic E-state index is -0.435. The number of nitrogens with one attached hydrogen (secondary N) is 1. The summed E-state index contributed by atoms with van der Waals surface area (Å²) in [6.45, 7) is 0. The van der Waals surface area contributed by atoms with Crippen LogP contribution in [-0.4, -0.2) is 21.6 Å². The number of hydrogen-bond donors (Lipinski definition) is 1. The molecule has 0 spiro atoms. The molecule has 1 aromatic heterocycles. The molecular formula is C13H12FN3OS. The first-order valence-corrected chi connectivity index (χ1v) is 6.68. The number of para-hydroxylation sites is 1. The fourth-order valence-electron chi connectivity index (χ4n) is 1.37. The zero-order valence-corrected chi connectivity index (χ0v) is 10.9. The highest BCUT2D eigenvalue weighted by Crippen LogP contribution is 2.15. The van der Waals surface area contributed by atoms with E-state index in [-0.39, 0.29) is 18.0 Å². The molecule has 0 bridgehead atoms. The maximum atomic E-state index is 13.3. The number of amides is 1. The molecule has 0 unspecified atom stereocenters. The normalized spacial score (nSPS) is 10.2. The van der Waals surface area contributed by atoms with Gasteiger partial charge in [-0.2, -0.15) is 0 Å². The van der Waals surface area contributed by atoms with Crippen molar-refractivity contribution in [1.29, 1.82) is 0 Å². The van der Waals surface area contributed by atoms with Crippen molar-refractivity contribution < 1.29 is 9.18 Å². The van der Waals surface area contributed by atoms with Crippen LogP contribution < -0.4 is 5.32 Å². The van der Waals surface area contributed by atoms with Crippen molar-refractivity contribution in [2.45, 2.75) is 11.6 Å². The van der Waals surface area contributed by atoms with Crippen molar-refractivity contribution in [2.75, 3.05) is 11.1 Å². The number of hydrogen-bond acceptors (Lipinski definition) is 4. The third-order valence-electron chi connectivity index (χ3n) is 2.25. The number of rotatable bonds is 5. The molecule has 6 heteroatoms. The minimum Gasteiger partial charge on any atom is -0.324 e. The van der Waals surface area contributed by atoms with E-state index in [4.69, 9.17) is 0 Å². The van der Waals surface area contributed by atoms with Crippen LogP contribution in [-0.2, 0) is 4.79 Å². The third-order valence-corrected chi connectivity index (χ3v) is 3.13. The Morgan fingerprint density at radius 2 is 1.95 bits per heavy atom. The molecule has 0 saturated carbocycles. The molecule has 0 aliphatic rings. The van der Waals surface area contributed by atoms with Gasteiger partial charge in [-0.1, -0.05) is 23.9 Å². The molecule has 0 saturated heterocycles. The zero-order chi connectivity index (χ0) is 13.5. The molecule has 1 heterocycles. The van der Waals surface area contributed by atoms with Crippen molar-refractivity contribution in [3.8, 4) is 0 Å². The topological polar surface area (TPSA) is 54.9 Å². The molecule has 1 aromatic carbocycles. The molecule has 1 amide bonds. The molecule has 0 aliphatic heterocycles. The number of halogens is 1. The lowest BCUT2D eigenvalue weighted by Crippen LogP contribution is -2.13. The summed E-state index contributed by atoms with van der Waals surface area (Å²) in [4.78, 5) is 19.7. The fourth-order valence-corrected chi connectivity index (χ4v) is 2.11. The first kappa shape index (κ1) is 13.5. The molecule has 2 aromatic rings. The van der Waals surface area contributed by atoms with Crippen LogP contribution in [0.15, 0.2) is 47.9 Å².